The van der Waals surface area contributed by atoms with Gasteiger partial charge in [0.05, 0.1) is 0 Å². The first-order chi connectivity index (χ1) is 7.19. The largest absolute Gasteiger partial charge is 0.310 e. The summed E-state index contributed by atoms with van der Waals surface area (Å²) in [5, 5.41) is 4.34. The molecule has 0 heterocycles. The van der Waals surface area contributed by atoms with Gasteiger partial charge in [-0.1, -0.05) is 50.9 Å². The second-order valence-electron chi connectivity index (χ2n) is 3.98. The van der Waals surface area contributed by atoms with E-state index in [1.165, 1.54) is 12.0 Å². The Labute approximate surface area is 97.8 Å². The van der Waals surface area contributed by atoms with E-state index in [-0.39, 0.29) is 0 Å². The van der Waals surface area contributed by atoms with Crippen molar-refractivity contribution < 1.29 is 0 Å². The maximum atomic E-state index is 6.01. The summed E-state index contributed by atoms with van der Waals surface area (Å²) in [7, 11) is 0. The third kappa shape index (κ3) is 3.51. The Morgan fingerprint density at radius 1 is 1.33 bits per heavy atom. The molecule has 0 spiro atoms. The van der Waals surface area contributed by atoms with Crippen molar-refractivity contribution in [2.75, 3.05) is 6.54 Å². The van der Waals surface area contributed by atoms with Crippen LogP contribution in [0.1, 0.15) is 38.8 Å². The first-order valence-electron chi connectivity index (χ1n) is 5.67. The lowest BCUT2D eigenvalue weighted by Crippen LogP contribution is -2.26. The van der Waals surface area contributed by atoms with Crippen molar-refractivity contribution in [3.63, 3.8) is 0 Å². The van der Waals surface area contributed by atoms with Crippen LogP contribution in [0.5, 0.6) is 0 Å². The van der Waals surface area contributed by atoms with Crippen molar-refractivity contribution in [1.29, 1.82) is 0 Å². The summed E-state index contributed by atoms with van der Waals surface area (Å²) in [6.45, 7) is 7.62. The fourth-order valence-corrected chi connectivity index (χ4v) is 2.00. The van der Waals surface area contributed by atoms with Gasteiger partial charge in [-0.15, -0.1) is 0 Å². The molecule has 0 aromatic heterocycles. The van der Waals surface area contributed by atoms with E-state index in [1.807, 2.05) is 12.1 Å². The Morgan fingerprint density at radius 3 is 2.60 bits per heavy atom. The Balaban J connectivity index is 2.88. The van der Waals surface area contributed by atoms with Gasteiger partial charge in [-0.2, -0.15) is 0 Å². The molecule has 2 unspecified atom stereocenters. The zero-order valence-corrected chi connectivity index (χ0v) is 10.5. The van der Waals surface area contributed by atoms with Crippen LogP contribution in [0.25, 0.3) is 0 Å². The van der Waals surface area contributed by atoms with Gasteiger partial charge in [-0.3, -0.25) is 0 Å². The minimum Gasteiger partial charge on any atom is -0.310 e. The number of halogens is 1. The van der Waals surface area contributed by atoms with Crippen molar-refractivity contribution in [3.05, 3.63) is 34.9 Å². The summed E-state index contributed by atoms with van der Waals surface area (Å²) in [4.78, 5) is 0. The van der Waals surface area contributed by atoms with E-state index in [9.17, 15) is 0 Å². The molecule has 0 aliphatic carbocycles. The van der Waals surface area contributed by atoms with E-state index in [0.717, 1.165) is 11.6 Å². The van der Waals surface area contributed by atoms with Gasteiger partial charge in [-0.05, 0) is 30.2 Å². The molecule has 84 valence electrons. The molecule has 0 saturated carbocycles. The lowest BCUT2D eigenvalue weighted by Gasteiger charge is -2.24. The number of benzene rings is 1. The topological polar surface area (TPSA) is 12.0 Å². The SMILES string of the molecule is CCNC(c1cccc(Cl)c1)C(C)CC. The Kier molecular flexibility index (Phi) is 5.13. The highest BCUT2D eigenvalue weighted by atomic mass is 35.5. The number of hydrogen-bond acceptors (Lipinski definition) is 1. The summed E-state index contributed by atoms with van der Waals surface area (Å²) in [5.41, 5.74) is 1.29. The molecule has 1 aromatic rings. The van der Waals surface area contributed by atoms with Crippen LogP contribution in [0, 0.1) is 5.92 Å². The lowest BCUT2D eigenvalue weighted by atomic mass is 9.92. The van der Waals surface area contributed by atoms with Gasteiger partial charge < -0.3 is 5.32 Å². The maximum Gasteiger partial charge on any atom is 0.0409 e. The van der Waals surface area contributed by atoms with Crippen molar-refractivity contribution in [2.45, 2.75) is 33.2 Å². The van der Waals surface area contributed by atoms with E-state index in [4.69, 9.17) is 11.6 Å². The Hall–Kier alpha value is -0.530. The van der Waals surface area contributed by atoms with Crippen LogP contribution in [0.3, 0.4) is 0 Å². The zero-order chi connectivity index (χ0) is 11.3. The highest BCUT2D eigenvalue weighted by molar-refractivity contribution is 6.30. The molecule has 1 aromatic carbocycles. The molecule has 1 nitrogen and oxygen atoms in total. The zero-order valence-electron chi connectivity index (χ0n) is 9.76. The number of hydrogen-bond donors (Lipinski definition) is 1. The predicted octanol–water partition coefficient (Wildman–Crippen LogP) is 4.04. The fraction of sp³-hybridized carbons (Fsp3) is 0.538. The summed E-state index contributed by atoms with van der Waals surface area (Å²) >= 11 is 6.01. The van der Waals surface area contributed by atoms with Gasteiger partial charge >= 0.3 is 0 Å². The van der Waals surface area contributed by atoms with Gasteiger partial charge in [0, 0.05) is 11.1 Å². The molecular formula is C13H20ClN. The molecule has 0 saturated heterocycles. The summed E-state index contributed by atoms with van der Waals surface area (Å²) in [6.07, 6.45) is 1.17. The van der Waals surface area contributed by atoms with Gasteiger partial charge in [0.1, 0.15) is 0 Å². The van der Waals surface area contributed by atoms with Crippen LogP contribution in [-0.2, 0) is 0 Å². The van der Waals surface area contributed by atoms with Crippen molar-refractivity contribution in [2.24, 2.45) is 5.92 Å². The molecule has 2 atom stereocenters. The van der Waals surface area contributed by atoms with E-state index in [0.29, 0.717) is 12.0 Å². The van der Waals surface area contributed by atoms with Crippen molar-refractivity contribution >= 4 is 11.6 Å². The van der Waals surface area contributed by atoms with E-state index in [2.05, 4.69) is 38.2 Å². The quantitative estimate of drug-likeness (QED) is 0.798. The van der Waals surface area contributed by atoms with Gasteiger partial charge in [0.25, 0.3) is 0 Å². The molecule has 0 fully saturated rings. The average Bonchev–Trinajstić information content (AvgIpc) is 2.25. The third-order valence-electron chi connectivity index (χ3n) is 2.84. The normalized spacial score (nSPS) is 14.9. The molecule has 1 rings (SSSR count). The first-order valence-corrected chi connectivity index (χ1v) is 6.05. The van der Waals surface area contributed by atoms with Crippen LogP contribution in [0.4, 0.5) is 0 Å². The third-order valence-corrected chi connectivity index (χ3v) is 3.08. The van der Waals surface area contributed by atoms with Crippen LogP contribution in [0.2, 0.25) is 5.02 Å². The smallest absolute Gasteiger partial charge is 0.0409 e. The first kappa shape index (κ1) is 12.5. The molecular weight excluding hydrogens is 206 g/mol. The standard InChI is InChI=1S/C13H20ClN/c1-4-10(3)13(15-5-2)11-7-6-8-12(14)9-11/h6-10,13,15H,4-5H2,1-3H3. The van der Waals surface area contributed by atoms with Crippen LogP contribution >= 0.6 is 11.6 Å². The van der Waals surface area contributed by atoms with Crippen molar-refractivity contribution in [3.8, 4) is 0 Å². The molecule has 0 radical (unpaired) electrons. The van der Waals surface area contributed by atoms with Crippen LogP contribution < -0.4 is 5.32 Å². The van der Waals surface area contributed by atoms with Crippen molar-refractivity contribution in [1.82, 2.24) is 5.32 Å². The van der Waals surface area contributed by atoms with Crippen LogP contribution in [0.15, 0.2) is 24.3 Å². The van der Waals surface area contributed by atoms with E-state index in [1.54, 1.807) is 0 Å². The Bertz CT molecular complexity index is 298. The molecule has 0 aliphatic heterocycles. The van der Waals surface area contributed by atoms with Gasteiger partial charge in [0.15, 0.2) is 0 Å². The highest BCUT2D eigenvalue weighted by Crippen LogP contribution is 2.26. The summed E-state index contributed by atoms with van der Waals surface area (Å²) in [6, 6.07) is 8.56. The maximum absolute atomic E-state index is 6.01. The van der Waals surface area contributed by atoms with Gasteiger partial charge in [0.2, 0.25) is 0 Å². The van der Waals surface area contributed by atoms with Crippen LogP contribution in [-0.4, -0.2) is 6.54 Å². The molecule has 0 bridgehead atoms. The predicted molar refractivity (Wildman–Crippen MR) is 67.3 cm³/mol. The monoisotopic (exact) mass is 225 g/mol. The second kappa shape index (κ2) is 6.14. The minimum atomic E-state index is 0.415. The highest BCUT2D eigenvalue weighted by Gasteiger charge is 2.16. The molecule has 0 aliphatic rings. The summed E-state index contributed by atoms with van der Waals surface area (Å²) < 4.78 is 0. The second-order valence-corrected chi connectivity index (χ2v) is 4.41. The number of nitrogens with one attached hydrogen (secondary N) is 1. The molecule has 15 heavy (non-hydrogen) atoms. The Morgan fingerprint density at radius 2 is 2.07 bits per heavy atom. The van der Waals surface area contributed by atoms with E-state index < -0.39 is 0 Å². The molecule has 2 heteroatoms. The lowest BCUT2D eigenvalue weighted by molar-refractivity contribution is 0.384. The number of rotatable bonds is 5. The fourth-order valence-electron chi connectivity index (χ4n) is 1.80. The summed E-state index contributed by atoms with van der Waals surface area (Å²) in [5.74, 6) is 0.628. The van der Waals surface area contributed by atoms with Gasteiger partial charge in [-0.25, -0.2) is 0 Å². The average molecular weight is 226 g/mol. The van der Waals surface area contributed by atoms with E-state index >= 15 is 0 Å². The molecule has 1 N–H and O–H groups in total. The molecule has 0 amide bonds. The minimum absolute atomic E-state index is 0.415.